The number of carbonyl (C=O) groups excluding carboxylic acids is 1. The molecule has 0 unspecified atom stereocenters. The summed E-state index contributed by atoms with van der Waals surface area (Å²) in [5.74, 6) is 0.592. The number of thioether (sulfide) groups is 1. The Bertz CT molecular complexity index is 1140. The minimum Gasteiger partial charge on any atom is -0.272 e. The summed E-state index contributed by atoms with van der Waals surface area (Å²) in [6.45, 7) is 0. The third-order valence-corrected chi connectivity index (χ3v) is 6.16. The highest BCUT2D eigenvalue weighted by Crippen LogP contribution is 2.28. The van der Waals surface area contributed by atoms with Crippen molar-refractivity contribution in [1.82, 2.24) is 25.2 Å². The minimum absolute atomic E-state index is 0.156. The molecule has 0 aliphatic heterocycles. The van der Waals surface area contributed by atoms with E-state index < -0.39 is 0 Å². The first-order valence-corrected chi connectivity index (χ1v) is 11.5. The van der Waals surface area contributed by atoms with Crippen LogP contribution in [0.25, 0.3) is 17.1 Å². The molecule has 10 heteroatoms. The third kappa shape index (κ3) is 5.02. The van der Waals surface area contributed by atoms with Gasteiger partial charge in [0, 0.05) is 33.0 Å². The van der Waals surface area contributed by atoms with E-state index in [1.54, 1.807) is 29.9 Å². The standard InChI is InChI=1S/C20H15BrN6OS2/c21-15-5-7-16(8-6-15)27-19(14-3-1-9-22-11-14)25-26-20(27)30-13-18(28)24-23-12-17-4-2-10-29-17/h1-12H,13H2,(H,24,28). The molecule has 7 nitrogen and oxygen atoms in total. The van der Waals surface area contributed by atoms with E-state index in [0.717, 1.165) is 20.6 Å². The first-order valence-electron chi connectivity index (χ1n) is 8.80. The Morgan fingerprint density at radius 1 is 1.20 bits per heavy atom. The molecule has 1 amide bonds. The maximum atomic E-state index is 12.2. The fourth-order valence-corrected chi connectivity index (χ4v) is 4.16. The van der Waals surface area contributed by atoms with Gasteiger partial charge in [-0.3, -0.25) is 14.3 Å². The Morgan fingerprint density at radius 2 is 2.07 bits per heavy atom. The molecule has 0 radical (unpaired) electrons. The van der Waals surface area contributed by atoms with Crippen molar-refractivity contribution >= 4 is 51.2 Å². The zero-order valence-electron chi connectivity index (χ0n) is 15.5. The first-order chi connectivity index (χ1) is 14.7. The van der Waals surface area contributed by atoms with Crippen LogP contribution in [0.4, 0.5) is 0 Å². The van der Waals surface area contributed by atoms with Gasteiger partial charge in [-0.25, -0.2) is 5.43 Å². The number of halogens is 1. The number of nitrogens with zero attached hydrogens (tertiary/aromatic N) is 5. The second kappa shape index (κ2) is 9.79. The summed E-state index contributed by atoms with van der Waals surface area (Å²) in [7, 11) is 0. The molecule has 4 aromatic rings. The predicted octanol–water partition coefficient (Wildman–Crippen LogP) is 4.40. The number of carbonyl (C=O) groups is 1. The Balaban J connectivity index is 1.53. The average Bonchev–Trinajstić information content (AvgIpc) is 3.43. The van der Waals surface area contributed by atoms with Crippen LogP contribution in [0, 0.1) is 0 Å². The van der Waals surface area contributed by atoms with Crippen molar-refractivity contribution in [2.75, 3.05) is 5.75 Å². The Morgan fingerprint density at radius 3 is 2.80 bits per heavy atom. The summed E-state index contributed by atoms with van der Waals surface area (Å²) in [6.07, 6.45) is 5.07. The van der Waals surface area contributed by atoms with E-state index in [1.165, 1.54) is 11.8 Å². The Hall–Kier alpha value is -2.82. The molecular weight excluding hydrogens is 484 g/mol. The SMILES string of the molecule is O=C(CSc1nnc(-c2cccnc2)n1-c1ccc(Br)cc1)NN=Cc1cccs1. The van der Waals surface area contributed by atoms with Gasteiger partial charge in [0.15, 0.2) is 11.0 Å². The van der Waals surface area contributed by atoms with E-state index in [4.69, 9.17) is 0 Å². The summed E-state index contributed by atoms with van der Waals surface area (Å²) in [5.41, 5.74) is 4.27. The quantitative estimate of drug-likeness (QED) is 0.232. The van der Waals surface area contributed by atoms with Gasteiger partial charge < -0.3 is 0 Å². The molecule has 3 heterocycles. The topological polar surface area (TPSA) is 85.1 Å². The summed E-state index contributed by atoms with van der Waals surface area (Å²) < 4.78 is 2.88. The van der Waals surface area contributed by atoms with E-state index in [1.807, 2.05) is 58.5 Å². The van der Waals surface area contributed by atoms with Crippen LogP contribution in [0.3, 0.4) is 0 Å². The molecule has 4 rings (SSSR count). The molecule has 0 atom stereocenters. The van der Waals surface area contributed by atoms with Gasteiger partial charge in [0.05, 0.1) is 12.0 Å². The highest BCUT2D eigenvalue weighted by atomic mass is 79.9. The average molecular weight is 499 g/mol. The number of nitrogens with one attached hydrogen (secondary N) is 1. The van der Waals surface area contributed by atoms with Crippen molar-refractivity contribution in [3.63, 3.8) is 0 Å². The molecule has 0 aliphatic rings. The van der Waals surface area contributed by atoms with Gasteiger partial charge in [-0.15, -0.1) is 21.5 Å². The van der Waals surface area contributed by atoms with Crippen LogP contribution in [0.1, 0.15) is 4.88 Å². The highest BCUT2D eigenvalue weighted by Gasteiger charge is 2.17. The monoisotopic (exact) mass is 498 g/mol. The maximum Gasteiger partial charge on any atom is 0.250 e. The fourth-order valence-electron chi connectivity index (χ4n) is 2.56. The van der Waals surface area contributed by atoms with Crippen LogP contribution in [0.5, 0.6) is 0 Å². The Kier molecular flexibility index (Phi) is 6.67. The van der Waals surface area contributed by atoms with Gasteiger partial charge in [0.1, 0.15) is 0 Å². The zero-order valence-corrected chi connectivity index (χ0v) is 18.7. The number of thiophene rings is 1. The smallest absolute Gasteiger partial charge is 0.250 e. The highest BCUT2D eigenvalue weighted by molar-refractivity contribution is 9.10. The summed E-state index contributed by atoms with van der Waals surface area (Å²) in [5, 5.41) is 15.2. The minimum atomic E-state index is -0.221. The number of pyridine rings is 1. The van der Waals surface area contributed by atoms with Gasteiger partial charge in [-0.2, -0.15) is 5.10 Å². The lowest BCUT2D eigenvalue weighted by molar-refractivity contribution is -0.118. The van der Waals surface area contributed by atoms with Crippen LogP contribution in [-0.2, 0) is 4.79 Å². The Labute approximate surface area is 189 Å². The number of hydrogen-bond donors (Lipinski definition) is 1. The van der Waals surface area contributed by atoms with Crippen LogP contribution in [0.2, 0.25) is 0 Å². The number of amides is 1. The van der Waals surface area contributed by atoms with Crippen molar-refractivity contribution < 1.29 is 4.79 Å². The molecule has 3 aromatic heterocycles. The third-order valence-electron chi connectivity index (χ3n) is 3.89. The number of hydrazone groups is 1. The lowest BCUT2D eigenvalue weighted by atomic mass is 10.2. The first kappa shape index (κ1) is 20.5. The molecule has 0 spiro atoms. The van der Waals surface area contributed by atoms with Crippen molar-refractivity contribution in [3.05, 3.63) is 75.7 Å². The van der Waals surface area contributed by atoms with E-state index in [0.29, 0.717) is 11.0 Å². The summed E-state index contributed by atoms with van der Waals surface area (Å²) in [6, 6.07) is 15.4. The van der Waals surface area contributed by atoms with Gasteiger partial charge in [-0.05, 0) is 47.8 Å². The van der Waals surface area contributed by atoms with Crippen LogP contribution < -0.4 is 5.43 Å². The van der Waals surface area contributed by atoms with E-state index in [-0.39, 0.29) is 11.7 Å². The molecule has 1 N–H and O–H groups in total. The second-order valence-corrected chi connectivity index (χ2v) is 8.79. The second-order valence-electron chi connectivity index (χ2n) is 5.96. The number of aromatic nitrogens is 4. The fraction of sp³-hybridized carbons (Fsp3) is 0.0500. The number of rotatable bonds is 7. The molecule has 0 bridgehead atoms. The molecule has 1 aromatic carbocycles. The van der Waals surface area contributed by atoms with Crippen LogP contribution in [0.15, 0.2) is 81.0 Å². The predicted molar refractivity (Wildman–Crippen MR) is 123 cm³/mol. The van der Waals surface area contributed by atoms with E-state index >= 15 is 0 Å². The lowest BCUT2D eigenvalue weighted by Gasteiger charge is -2.10. The van der Waals surface area contributed by atoms with Gasteiger partial charge in [0.2, 0.25) is 0 Å². The van der Waals surface area contributed by atoms with Crippen LogP contribution >= 0.6 is 39.0 Å². The van der Waals surface area contributed by atoms with Gasteiger partial charge in [0.25, 0.3) is 5.91 Å². The molecule has 0 aliphatic carbocycles. The summed E-state index contributed by atoms with van der Waals surface area (Å²) in [4.78, 5) is 17.3. The molecule has 30 heavy (non-hydrogen) atoms. The molecule has 0 fully saturated rings. The van der Waals surface area contributed by atoms with E-state index in [2.05, 4.69) is 41.6 Å². The molecule has 150 valence electrons. The molecule has 0 saturated carbocycles. The van der Waals surface area contributed by atoms with Crippen molar-refractivity contribution in [2.24, 2.45) is 5.10 Å². The number of hydrogen-bond acceptors (Lipinski definition) is 7. The van der Waals surface area contributed by atoms with Gasteiger partial charge in [-0.1, -0.05) is 33.8 Å². The zero-order chi connectivity index (χ0) is 20.8. The maximum absolute atomic E-state index is 12.2. The van der Waals surface area contributed by atoms with Crippen LogP contribution in [-0.4, -0.2) is 37.6 Å². The number of benzene rings is 1. The van der Waals surface area contributed by atoms with Crippen molar-refractivity contribution in [1.29, 1.82) is 0 Å². The summed E-state index contributed by atoms with van der Waals surface area (Å²) >= 11 is 6.30. The molecule has 0 saturated heterocycles. The van der Waals surface area contributed by atoms with Gasteiger partial charge >= 0.3 is 0 Å². The lowest BCUT2D eigenvalue weighted by Crippen LogP contribution is -2.19. The van der Waals surface area contributed by atoms with E-state index in [9.17, 15) is 4.79 Å². The molecular formula is C20H15BrN6OS2. The normalized spacial score (nSPS) is 11.1. The van der Waals surface area contributed by atoms with Crippen molar-refractivity contribution in [3.8, 4) is 17.1 Å². The largest absolute Gasteiger partial charge is 0.272 e. The van der Waals surface area contributed by atoms with Crippen molar-refractivity contribution in [2.45, 2.75) is 5.16 Å².